The van der Waals surface area contributed by atoms with Crippen LogP contribution in [0.5, 0.6) is 0 Å². The normalized spacial score (nSPS) is 25.8. The number of carbonyl (C=O) groups excluding carboxylic acids is 1. The first-order valence-electron chi connectivity index (χ1n) is 13.2. The van der Waals surface area contributed by atoms with Crippen molar-refractivity contribution in [1.82, 2.24) is 5.32 Å². The van der Waals surface area contributed by atoms with Crippen LogP contribution in [0.2, 0.25) is 0 Å². The third-order valence-electron chi connectivity index (χ3n) is 8.11. The second-order valence-electron chi connectivity index (χ2n) is 10.7. The average molecular weight is 524 g/mol. The summed E-state index contributed by atoms with van der Waals surface area (Å²) in [6.45, 7) is 1.21. The highest BCUT2D eigenvalue weighted by atomic mass is 32.2. The molecule has 2 aromatic rings. The second-order valence-corrected chi connectivity index (χ2v) is 13.3. The van der Waals surface area contributed by atoms with Crippen LogP contribution in [0.4, 0.5) is 10.1 Å². The van der Waals surface area contributed by atoms with Crippen LogP contribution < -0.4 is 5.32 Å². The van der Waals surface area contributed by atoms with Gasteiger partial charge in [0, 0.05) is 37.2 Å². The number of ketones is 1. The van der Waals surface area contributed by atoms with Gasteiger partial charge in [0.15, 0.2) is 5.78 Å². The van der Waals surface area contributed by atoms with E-state index in [1.807, 2.05) is 30.3 Å². The Bertz CT molecular complexity index is 1320. The number of hydrogen-bond donors (Lipinski definition) is 1. The Morgan fingerprint density at radius 1 is 1.19 bits per heavy atom. The number of benzene rings is 2. The van der Waals surface area contributed by atoms with Crippen LogP contribution in [-0.2, 0) is 25.7 Å². The van der Waals surface area contributed by atoms with E-state index in [4.69, 9.17) is 4.74 Å². The lowest BCUT2D eigenvalue weighted by Crippen LogP contribution is -2.42. The molecule has 3 fully saturated rings. The molecule has 196 valence electrons. The molecule has 2 aliphatic heterocycles. The molecule has 1 unspecified atom stereocenters. The molecule has 1 saturated carbocycles. The fourth-order valence-electron chi connectivity index (χ4n) is 6.05. The molecule has 2 bridgehead atoms. The number of ether oxygens (including phenoxy) is 1. The van der Waals surface area contributed by atoms with Gasteiger partial charge in [0.05, 0.1) is 33.4 Å². The molecular formula is C29H34FN3O3S. The molecule has 0 amide bonds. The summed E-state index contributed by atoms with van der Waals surface area (Å²) in [5.74, 6) is -0.497. The average Bonchev–Trinajstić information content (AvgIpc) is 3.54. The van der Waals surface area contributed by atoms with Crippen LogP contribution in [0.3, 0.4) is 0 Å². The van der Waals surface area contributed by atoms with E-state index in [2.05, 4.69) is 15.7 Å². The molecule has 8 heteroatoms. The van der Waals surface area contributed by atoms with Crippen LogP contribution in [0, 0.1) is 29.0 Å². The van der Waals surface area contributed by atoms with Crippen molar-refractivity contribution < 1.29 is 18.1 Å². The Morgan fingerprint density at radius 2 is 1.97 bits per heavy atom. The summed E-state index contributed by atoms with van der Waals surface area (Å²) in [5, 5.41) is 13.1. The number of nitrogens with zero attached hydrogens (tertiary/aromatic N) is 2. The first kappa shape index (κ1) is 26.0. The summed E-state index contributed by atoms with van der Waals surface area (Å²) in [7, 11) is -2.43. The van der Waals surface area contributed by atoms with E-state index in [9.17, 15) is 14.3 Å². The molecule has 5 atom stereocenters. The van der Waals surface area contributed by atoms with E-state index in [1.54, 1.807) is 12.3 Å². The van der Waals surface area contributed by atoms with Crippen LogP contribution in [-0.4, -0.2) is 46.8 Å². The van der Waals surface area contributed by atoms with E-state index in [0.29, 0.717) is 42.0 Å². The molecule has 1 N–H and O–H groups in total. The number of nitriles is 1. The summed E-state index contributed by atoms with van der Waals surface area (Å²) in [6.07, 6.45) is 6.76. The molecule has 2 aromatic carbocycles. The highest BCUT2D eigenvalue weighted by molar-refractivity contribution is 7.93. The standard InChI is InChI=1S/C29H34FN3O3S/c1-37(35,26-9-11-36-12-10-26)33-25-4-2-3-20(15-25)21-5-6-22(27(30)17-21)13-19(18-31)14-28(34)29-23-7-8-24(16-23)32-29/h2-6,15,17,19,23-24,26,29,32H,7-14,16H2,1H3/t19-,23+,24-,29+,37?/m1/s1. The smallest absolute Gasteiger partial charge is 0.151 e. The Labute approximate surface area is 218 Å². The van der Waals surface area contributed by atoms with E-state index in [1.165, 1.54) is 6.07 Å². The summed E-state index contributed by atoms with van der Waals surface area (Å²) in [6, 6.07) is 14.8. The molecular weight excluding hydrogens is 489 g/mol. The quantitative estimate of drug-likeness (QED) is 0.515. The Kier molecular flexibility index (Phi) is 7.75. The van der Waals surface area contributed by atoms with Crippen LogP contribution in [0.1, 0.15) is 44.1 Å². The largest absolute Gasteiger partial charge is 0.381 e. The van der Waals surface area contributed by atoms with Crippen molar-refractivity contribution in [2.24, 2.45) is 16.2 Å². The predicted molar refractivity (Wildman–Crippen MR) is 142 cm³/mol. The maximum Gasteiger partial charge on any atom is 0.151 e. The zero-order chi connectivity index (χ0) is 26.0. The molecule has 1 aliphatic carbocycles. The predicted octanol–water partition coefficient (Wildman–Crippen LogP) is 5.18. The van der Waals surface area contributed by atoms with Gasteiger partial charge in [-0.1, -0.05) is 24.3 Å². The Hall–Kier alpha value is -2.60. The second kappa shape index (κ2) is 11.0. The van der Waals surface area contributed by atoms with Crippen molar-refractivity contribution in [3.8, 4) is 17.2 Å². The topological polar surface area (TPSA) is 91.5 Å². The van der Waals surface area contributed by atoms with Crippen molar-refractivity contribution in [3.05, 3.63) is 53.8 Å². The fourth-order valence-corrected chi connectivity index (χ4v) is 7.80. The zero-order valence-electron chi connectivity index (χ0n) is 21.2. The summed E-state index contributed by atoms with van der Waals surface area (Å²) in [5.41, 5.74) is 2.50. The van der Waals surface area contributed by atoms with Crippen LogP contribution in [0.25, 0.3) is 11.1 Å². The van der Waals surface area contributed by atoms with E-state index < -0.39 is 21.5 Å². The van der Waals surface area contributed by atoms with Gasteiger partial charge >= 0.3 is 0 Å². The molecule has 3 aliphatic rings. The van der Waals surface area contributed by atoms with Gasteiger partial charge < -0.3 is 10.1 Å². The minimum atomic E-state index is -2.43. The number of halogens is 1. The number of Topliss-reactive ketones (excluding diaryl/α,β-unsaturated/α-hetero) is 1. The summed E-state index contributed by atoms with van der Waals surface area (Å²) >= 11 is 0. The highest BCUT2D eigenvalue weighted by Crippen LogP contribution is 2.36. The number of rotatable bonds is 8. The van der Waals surface area contributed by atoms with Crippen LogP contribution in [0.15, 0.2) is 46.8 Å². The maximum absolute atomic E-state index is 15.1. The number of piperidine rings is 1. The molecule has 0 radical (unpaired) electrons. The lowest BCUT2D eigenvalue weighted by Gasteiger charge is -2.23. The van der Waals surface area contributed by atoms with Gasteiger partial charge in [-0.25, -0.2) is 8.60 Å². The molecule has 6 nitrogen and oxygen atoms in total. The van der Waals surface area contributed by atoms with Crippen molar-refractivity contribution in [3.63, 3.8) is 0 Å². The van der Waals surface area contributed by atoms with E-state index >= 15 is 4.39 Å². The minimum Gasteiger partial charge on any atom is -0.381 e. The SMILES string of the molecule is CS(=O)(=Nc1cccc(-c2ccc(C[C@@H](C#N)CC(=O)[C@H]3N[C@@H]4CC[C@H]3C4)c(F)c2)c1)C1CCOCC1. The van der Waals surface area contributed by atoms with Gasteiger partial charge in [-0.2, -0.15) is 9.62 Å². The molecule has 2 heterocycles. The lowest BCUT2D eigenvalue weighted by atomic mass is 9.88. The van der Waals surface area contributed by atoms with Crippen molar-refractivity contribution in [2.75, 3.05) is 19.5 Å². The van der Waals surface area contributed by atoms with Gasteiger partial charge in [0.25, 0.3) is 0 Å². The number of carbonyl (C=O) groups is 1. The number of fused-ring (bicyclic) bond motifs is 2. The summed E-state index contributed by atoms with van der Waals surface area (Å²) < 4.78 is 38.3. The van der Waals surface area contributed by atoms with Gasteiger partial charge in [-0.05, 0) is 79.3 Å². The highest BCUT2D eigenvalue weighted by Gasteiger charge is 2.42. The minimum absolute atomic E-state index is 0.00111. The first-order chi connectivity index (χ1) is 17.8. The van der Waals surface area contributed by atoms with E-state index in [-0.39, 0.29) is 29.9 Å². The monoisotopic (exact) mass is 523 g/mol. The molecule has 37 heavy (non-hydrogen) atoms. The zero-order valence-corrected chi connectivity index (χ0v) is 22.0. The van der Waals surface area contributed by atoms with Gasteiger partial charge in [0.1, 0.15) is 5.82 Å². The Balaban J connectivity index is 1.28. The van der Waals surface area contributed by atoms with Gasteiger partial charge in [0.2, 0.25) is 0 Å². The number of nitrogens with one attached hydrogen (secondary N) is 1. The molecule has 2 saturated heterocycles. The first-order valence-corrected chi connectivity index (χ1v) is 15.2. The Morgan fingerprint density at radius 3 is 2.65 bits per heavy atom. The molecule has 0 spiro atoms. The fraction of sp³-hybridized carbons (Fsp3) is 0.517. The van der Waals surface area contributed by atoms with Crippen molar-refractivity contribution in [2.45, 2.75) is 62.3 Å². The van der Waals surface area contributed by atoms with Gasteiger partial charge in [-0.15, -0.1) is 0 Å². The summed E-state index contributed by atoms with van der Waals surface area (Å²) in [4.78, 5) is 12.8. The van der Waals surface area contributed by atoms with Gasteiger partial charge in [-0.3, -0.25) is 4.79 Å². The van der Waals surface area contributed by atoms with Crippen molar-refractivity contribution in [1.29, 1.82) is 5.26 Å². The third kappa shape index (κ3) is 5.95. The lowest BCUT2D eigenvalue weighted by molar-refractivity contribution is -0.122. The van der Waals surface area contributed by atoms with Crippen molar-refractivity contribution >= 4 is 21.2 Å². The molecule has 0 aromatic heterocycles. The van der Waals surface area contributed by atoms with Crippen LogP contribution >= 0.6 is 0 Å². The molecule has 5 rings (SSSR count). The third-order valence-corrected chi connectivity index (χ3v) is 10.4. The van der Waals surface area contributed by atoms with E-state index in [0.717, 1.165) is 37.7 Å². The maximum atomic E-state index is 15.1. The number of hydrogen-bond acceptors (Lipinski definition) is 6.